The van der Waals surface area contributed by atoms with Crippen LogP contribution in [0.2, 0.25) is 0 Å². The number of nitrogens with one attached hydrogen (secondary N) is 2. The lowest BCUT2D eigenvalue weighted by Gasteiger charge is -2.22. The molecule has 0 spiro atoms. The maximum absolute atomic E-state index is 13.0. The number of benzene rings is 3. The monoisotopic (exact) mass is 690 g/mol. The molecule has 0 saturated heterocycles. The number of halogens is 1. The molecule has 49 heavy (non-hydrogen) atoms. The van der Waals surface area contributed by atoms with Crippen LogP contribution >= 0.6 is 11.6 Å². The summed E-state index contributed by atoms with van der Waals surface area (Å²) in [7, 11) is 0. The predicted octanol–water partition coefficient (Wildman–Crippen LogP) is 5.70. The summed E-state index contributed by atoms with van der Waals surface area (Å²) in [5, 5.41) is 17.5. The van der Waals surface area contributed by atoms with E-state index in [4.69, 9.17) is 25.8 Å². The average Bonchev–Trinajstić information content (AvgIpc) is 3.08. The zero-order valence-corrected chi connectivity index (χ0v) is 29.0. The van der Waals surface area contributed by atoms with Gasteiger partial charge in [0, 0.05) is 53.9 Å². The second-order valence-corrected chi connectivity index (χ2v) is 12.5. The van der Waals surface area contributed by atoms with Crippen molar-refractivity contribution < 1.29 is 33.7 Å². The second kappa shape index (κ2) is 19.7. The van der Waals surface area contributed by atoms with Gasteiger partial charge in [-0.1, -0.05) is 56.2 Å². The van der Waals surface area contributed by atoms with E-state index in [1.165, 1.54) is 6.07 Å². The van der Waals surface area contributed by atoms with Crippen molar-refractivity contribution in [1.29, 1.82) is 0 Å². The van der Waals surface area contributed by atoms with E-state index < -0.39 is 5.97 Å². The molecule has 1 aliphatic heterocycles. The van der Waals surface area contributed by atoms with Gasteiger partial charge in [0.15, 0.2) is 0 Å². The molecular formula is C39H47ClN2O7. The van der Waals surface area contributed by atoms with Crippen LogP contribution in [-0.4, -0.2) is 68.3 Å². The van der Waals surface area contributed by atoms with Gasteiger partial charge in [0.2, 0.25) is 5.91 Å². The van der Waals surface area contributed by atoms with E-state index in [0.29, 0.717) is 75.1 Å². The third-order valence-electron chi connectivity index (χ3n) is 8.20. The number of carbonyl (C=O) groups is 3. The SMILES string of the molecule is C=c1ccc2c(c1)Oc1cc(C)ccc1C=2c1ccc(C(=O)NCCCCCC(=O)NCCOCCOCCCCCCCl)cc1C(=O)O. The Morgan fingerprint density at radius 2 is 1.53 bits per heavy atom. The largest absolute Gasteiger partial charge is 0.478 e. The molecule has 0 atom stereocenters. The number of rotatable bonds is 21. The van der Waals surface area contributed by atoms with Gasteiger partial charge >= 0.3 is 5.97 Å². The molecule has 0 saturated carbocycles. The summed E-state index contributed by atoms with van der Waals surface area (Å²) in [6.07, 6.45) is 6.88. The number of amides is 2. The molecule has 262 valence electrons. The molecule has 0 aliphatic carbocycles. The normalized spacial score (nSPS) is 11.8. The van der Waals surface area contributed by atoms with Gasteiger partial charge < -0.3 is 30.0 Å². The third kappa shape index (κ3) is 11.4. The summed E-state index contributed by atoms with van der Waals surface area (Å²) >= 11 is 5.66. The molecule has 0 unspecified atom stereocenters. The van der Waals surface area contributed by atoms with Crippen LogP contribution in [0, 0.1) is 6.92 Å². The van der Waals surface area contributed by atoms with Crippen molar-refractivity contribution in [3.63, 3.8) is 0 Å². The van der Waals surface area contributed by atoms with Crippen LogP contribution in [0.3, 0.4) is 0 Å². The van der Waals surface area contributed by atoms with Crippen molar-refractivity contribution in [2.75, 3.05) is 45.4 Å². The van der Waals surface area contributed by atoms with Gasteiger partial charge in [-0.25, -0.2) is 4.79 Å². The molecule has 0 bridgehead atoms. The van der Waals surface area contributed by atoms with Crippen LogP contribution in [-0.2, 0) is 14.3 Å². The molecule has 3 aromatic carbocycles. The second-order valence-electron chi connectivity index (χ2n) is 12.1. The van der Waals surface area contributed by atoms with Crippen LogP contribution in [0.1, 0.15) is 88.8 Å². The molecular weight excluding hydrogens is 644 g/mol. The molecule has 10 heteroatoms. The number of hydrogen-bond donors (Lipinski definition) is 3. The minimum Gasteiger partial charge on any atom is -0.478 e. The first-order chi connectivity index (χ1) is 23.8. The number of carboxylic acids is 1. The summed E-state index contributed by atoms with van der Waals surface area (Å²) in [5.41, 5.74) is 3.29. The molecule has 0 aromatic heterocycles. The zero-order chi connectivity index (χ0) is 35.0. The van der Waals surface area contributed by atoms with Gasteiger partial charge in [-0.2, -0.15) is 0 Å². The molecule has 3 aromatic rings. The number of ether oxygens (including phenoxy) is 3. The molecule has 3 N–H and O–H groups in total. The van der Waals surface area contributed by atoms with Crippen molar-refractivity contribution in [3.8, 4) is 11.5 Å². The number of hydrogen-bond acceptors (Lipinski definition) is 6. The first kappa shape index (κ1) is 37.6. The highest BCUT2D eigenvalue weighted by atomic mass is 35.5. The maximum atomic E-state index is 13.0. The van der Waals surface area contributed by atoms with E-state index in [-0.39, 0.29) is 22.9 Å². The van der Waals surface area contributed by atoms with Crippen LogP contribution in [0.5, 0.6) is 11.5 Å². The maximum Gasteiger partial charge on any atom is 0.336 e. The Morgan fingerprint density at radius 1 is 0.776 bits per heavy atom. The summed E-state index contributed by atoms with van der Waals surface area (Å²) in [6, 6.07) is 16.1. The van der Waals surface area contributed by atoms with Crippen molar-refractivity contribution in [2.45, 2.75) is 58.3 Å². The lowest BCUT2D eigenvalue weighted by atomic mass is 9.88. The topological polar surface area (TPSA) is 123 Å². The van der Waals surface area contributed by atoms with Crippen molar-refractivity contribution in [3.05, 3.63) is 92.9 Å². The molecule has 1 aliphatic rings. The lowest BCUT2D eigenvalue weighted by Crippen LogP contribution is -2.27. The summed E-state index contributed by atoms with van der Waals surface area (Å²) in [5.74, 6) is 0.430. The zero-order valence-electron chi connectivity index (χ0n) is 28.3. The predicted molar refractivity (Wildman–Crippen MR) is 192 cm³/mol. The molecule has 0 fully saturated rings. The van der Waals surface area contributed by atoms with E-state index >= 15 is 0 Å². The van der Waals surface area contributed by atoms with E-state index in [2.05, 4.69) is 17.2 Å². The molecule has 1 heterocycles. The van der Waals surface area contributed by atoms with Gasteiger partial charge in [0.25, 0.3) is 5.91 Å². The molecule has 2 amide bonds. The summed E-state index contributed by atoms with van der Waals surface area (Å²) < 4.78 is 17.2. The van der Waals surface area contributed by atoms with E-state index in [1.54, 1.807) is 12.1 Å². The molecule has 0 radical (unpaired) electrons. The Labute approximate surface area is 293 Å². The Balaban J connectivity index is 1.20. The van der Waals surface area contributed by atoms with Gasteiger partial charge in [0.1, 0.15) is 11.5 Å². The number of unbranched alkanes of at least 4 members (excludes halogenated alkanes) is 5. The number of alkyl halides is 1. The van der Waals surface area contributed by atoms with Crippen molar-refractivity contribution >= 4 is 41.5 Å². The van der Waals surface area contributed by atoms with Crippen LogP contribution in [0.4, 0.5) is 0 Å². The average molecular weight is 691 g/mol. The fraction of sp³-hybridized carbons (Fsp3) is 0.410. The van der Waals surface area contributed by atoms with Gasteiger partial charge in [0.05, 0.1) is 25.4 Å². The van der Waals surface area contributed by atoms with Crippen molar-refractivity contribution in [2.24, 2.45) is 0 Å². The fourth-order valence-corrected chi connectivity index (χ4v) is 5.82. The standard InChI is InChI=1S/C39H47ClN2O7/c1-27-11-14-31-34(24-27)49-35-25-28(2)12-15-32(35)37(31)30-16-13-29(26-33(30)39(45)46)38(44)42-18-8-5-6-10-36(43)41-19-21-48-23-22-47-20-9-4-3-7-17-40/h11-16,24-26H,1,3-10,17-23H2,2H3,(H,41,43)(H,42,44)(H,45,46). The summed E-state index contributed by atoms with van der Waals surface area (Å²) in [4.78, 5) is 37.6. The molecule has 9 nitrogen and oxygen atoms in total. The molecule has 4 rings (SSSR count). The fourth-order valence-electron chi connectivity index (χ4n) is 5.63. The Kier molecular flexibility index (Phi) is 15.2. The minimum absolute atomic E-state index is 0.0231. The Bertz CT molecular complexity index is 1710. The quantitative estimate of drug-likeness (QED) is 0.0758. The van der Waals surface area contributed by atoms with Crippen LogP contribution in [0.25, 0.3) is 12.2 Å². The van der Waals surface area contributed by atoms with Gasteiger partial charge in [-0.15, -0.1) is 11.6 Å². The lowest BCUT2D eigenvalue weighted by molar-refractivity contribution is -0.121. The number of aromatic carboxylic acids is 1. The number of carboxylic acid groups (broad SMARTS) is 1. The minimum atomic E-state index is -1.13. The Hall–Kier alpha value is -4.18. The van der Waals surface area contributed by atoms with Gasteiger partial charge in [-0.05, 0) is 73.2 Å². The van der Waals surface area contributed by atoms with E-state index in [0.717, 1.165) is 65.8 Å². The number of carbonyl (C=O) groups excluding carboxylic acids is 2. The first-order valence-electron chi connectivity index (χ1n) is 17.0. The highest BCUT2D eigenvalue weighted by Crippen LogP contribution is 2.37. The number of fused-ring (bicyclic) bond motifs is 2. The van der Waals surface area contributed by atoms with Crippen molar-refractivity contribution in [1.82, 2.24) is 10.6 Å². The Morgan fingerprint density at radius 3 is 2.33 bits per heavy atom. The van der Waals surface area contributed by atoms with Crippen LogP contribution in [0.15, 0.2) is 54.6 Å². The van der Waals surface area contributed by atoms with Gasteiger partial charge in [-0.3, -0.25) is 9.59 Å². The smallest absolute Gasteiger partial charge is 0.336 e. The highest BCUT2D eigenvalue weighted by molar-refractivity contribution is 6.17. The first-order valence-corrected chi connectivity index (χ1v) is 17.6. The van der Waals surface area contributed by atoms with E-state index in [9.17, 15) is 19.5 Å². The van der Waals surface area contributed by atoms with E-state index in [1.807, 2.05) is 43.3 Å². The summed E-state index contributed by atoms with van der Waals surface area (Å²) in [6.45, 7) is 9.04. The third-order valence-corrected chi connectivity index (χ3v) is 8.47. The highest BCUT2D eigenvalue weighted by Gasteiger charge is 2.25. The number of aryl methyl sites for hydroxylation is 1. The van der Waals surface area contributed by atoms with Crippen LogP contribution < -0.4 is 25.8 Å².